The van der Waals surface area contributed by atoms with Crippen molar-refractivity contribution >= 4 is 10.9 Å². The Bertz CT molecular complexity index is 1160. The molecule has 0 bridgehead atoms. The number of pyridine rings is 1. The molecule has 6 nitrogen and oxygen atoms in total. The zero-order valence-corrected chi connectivity index (χ0v) is 15.3. The molecule has 1 N–H and O–H groups in total. The minimum atomic E-state index is -0.136. The highest BCUT2D eigenvalue weighted by atomic mass is 16.5. The van der Waals surface area contributed by atoms with Crippen LogP contribution in [0.2, 0.25) is 0 Å². The summed E-state index contributed by atoms with van der Waals surface area (Å²) < 4.78 is 11.0. The number of aromatic nitrogens is 3. The third-order valence-electron chi connectivity index (χ3n) is 4.18. The quantitative estimate of drug-likeness (QED) is 0.585. The maximum atomic E-state index is 12.8. The average Bonchev–Trinajstić information content (AvgIpc) is 3.12. The minimum Gasteiger partial charge on any atom is -0.491 e. The fourth-order valence-electron chi connectivity index (χ4n) is 2.90. The predicted molar refractivity (Wildman–Crippen MR) is 104 cm³/mol. The van der Waals surface area contributed by atoms with Crippen LogP contribution >= 0.6 is 0 Å². The topological polar surface area (TPSA) is 81.0 Å². The molecule has 0 radical (unpaired) electrons. The molecule has 0 aliphatic rings. The van der Waals surface area contributed by atoms with E-state index < -0.39 is 0 Å². The zero-order chi connectivity index (χ0) is 19.0. The molecule has 0 atom stereocenters. The van der Waals surface area contributed by atoms with Crippen molar-refractivity contribution in [3.8, 4) is 28.6 Å². The maximum Gasteiger partial charge on any atom is 0.263 e. The van der Waals surface area contributed by atoms with Gasteiger partial charge < -0.3 is 14.2 Å². The lowest BCUT2D eigenvalue weighted by Gasteiger charge is -2.09. The summed E-state index contributed by atoms with van der Waals surface area (Å²) in [5.74, 6) is 1.39. The van der Waals surface area contributed by atoms with Gasteiger partial charge in [0.15, 0.2) is 0 Å². The number of ether oxygens (including phenoxy) is 1. The van der Waals surface area contributed by atoms with Crippen LogP contribution in [0.3, 0.4) is 0 Å². The van der Waals surface area contributed by atoms with Gasteiger partial charge in [-0.1, -0.05) is 16.8 Å². The highest BCUT2D eigenvalue weighted by Gasteiger charge is 2.15. The van der Waals surface area contributed by atoms with Gasteiger partial charge in [0.2, 0.25) is 11.3 Å². The van der Waals surface area contributed by atoms with E-state index in [1.807, 2.05) is 63.2 Å². The van der Waals surface area contributed by atoms with E-state index in [1.165, 1.54) is 0 Å². The van der Waals surface area contributed by atoms with Crippen molar-refractivity contribution < 1.29 is 9.26 Å². The van der Waals surface area contributed by atoms with Crippen LogP contribution in [0, 0.1) is 6.92 Å². The van der Waals surface area contributed by atoms with Gasteiger partial charge in [-0.05, 0) is 57.2 Å². The highest BCUT2D eigenvalue weighted by molar-refractivity contribution is 5.82. The number of hydrogen-bond acceptors (Lipinski definition) is 5. The molecule has 2 aromatic heterocycles. The Morgan fingerprint density at radius 3 is 2.63 bits per heavy atom. The second-order valence-corrected chi connectivity index (χ2v) is 6.69. The molecule has 27 heavy (non-hydrogen) atoms. The van der Waals surface area contributed by atoms with Gasteiger partial charge in [-0.3, -0.25) is 4.79 Å². The number of aryl methyl sites for hydroxylation is 1. The Morgan fingerprint density at radius 1 is 1.11 bits per heavy atom. The molecule has 0 spiro atoms. The molecule has 0 saturated heterocycles. The van der Waals surface area contributed by atoms with Gasteiger partial charge in [0.25, 0.3) is 5.89 Å². The van der Waals surface area contributed by atoms with Gasteiger partial charge >= 0.3 is 0 Å². The number of nitrogens with zero attached hydrogens (tertiary/aromatic N) is 2. The Hall–Kier alpha value is -3.41. The summed E-state index contributed by atoms with van der Waals surface area (Å²) >= 11 is 0. The second kappa shape index (κ2) is 6.72. The molecule has 0 amide bonds. The normalized spacial score (nSPS) is 11.3. The first-order chi connectivity index (χ1) is 13.0. The summed E-state index contributed by atoms with van der Waals surface area (Å²) in [7, 11) is 0. The van der Waals surface area contributed by atoms with E-state index in [-0.39, 0.29) is 17.4 Å². The summed E-state index contributed by atoms with van der Waals surface area (Å²) in [5, 5.41) is 4.61. The van der Waals surface area contributed by atoms with E-state index in [2.05, 4.69) is 15.1 Å². The molecule has 6 heteroatoms. The van der Waals surface area contributed by atoms with Crippen LogP contribution in [0.1, 0.15) is 19.4 Å². The number of fused-ring (bicyclic) bond motifs is 1. The van der Waals surface area contributed by atoms with Crippen molar-refractivity contribution in [3.63, 3.8) is 0 Å². The second-order valence-electron chi connectivity index (χ2n) is 6.69. The third-order valence-corrected chi connectivity index (χ3v) is 4.18. The Kier molecular flexibility index (Phi) is 4.24. The van der Waals surface area contributed by atoms with Crippen LogP contribution in [-0.2, 0) is 0 Å². The molecule has 2 aromatic carbocycles. The maximum absolute atomic E-state index is 12.8. The molecular formula is C21H19N3O3. The number of aromatic amines is 1. The van der Waals surface area contributed by atoms with Crippen LogP contribution in [0.15, 0.2) is 58.0 Å². The highest BCUT2D eigenvalue weighted by Crippen LogP contribution is 2.23. The van der Waals surface area contributed by atoms with Crippen molar-refractivity contribution in [1.29, 1.82) is 0 Å². The number of hydrogen-bond donors (Lipinski definition) is 1. The summed E-state index contributed by atoms with van der Waals surface area (Å²) in [5.41, 5.74) is 2.79. The summed E-state index contributed by atoms with van der Waals surface area (Å²) in [6.07, 6.45) is 1.72. The van der Waals surface area contributed by atoms with Crippen molar-refractivity contribution in [3.05, 3.63) is 64.4 Å². The number of benzene rings is 2. The largest absolute Gasteiger partial charge is 0.491 e. The molecular weight excluding hydrogens is 342 g/mol. The molecule has 4 rings (SSSR count). The first kappa shape index (κ1) is 17.0. The fourth-order valence-corrected chi connectivity index (χ4v) is 2.90. The zero-order valence-electron chi connectivity index (χ0n) is 15.3. The van der Waals surface area contributed by atoms with Gasteiger partial charge in [0, 0.05) is 22.7 Å². The Labute approximate surface area is 155 Å². The molecule has 2 heterocycles. The number of rotatable bonds is 4. The van der Waals surface area contributed by atoms with Crippen LogP contribution in [0.5, 0.6) is 5.75 Å². The van der Waals surface area contributed by atoms with Crippen molar-refractivity contribution in [1.82, 2.24) is 15.1 Å². The molecule has 136 valence electrons. The van der Waals surface area contributed by atoms with Crippen LogP contribution < -0.4 is 10.2 Å². The lowest BCUT2D eigenvalue weighted by atomic mass is 10.1. The van der Waals surface area contributed by atoms with Crippen molar-refractivity contribution in [2.75, 3.05) is 0 Å². The van der Waals surface area contributed by atoms with E-state index in [1.54, 1.807) is 6.20 Å². The van der Waals surface area contributed by atoms with E-state index in [9.17, 15) is 4.79 Å². The number of H-pyrrole nitrogens is 1. The van der Waals surface area contributed by atoms with Gasteiger partial charge in [-0.25, -0.2) is 0 Å². The monoisotopic (exact) mass is 361 g/mol. The fraction of sp³-hybridized carbons (Fsp3) is 0.190. The van der Waals surface area contributed by atoms with E-state index in [0.29, 0.717) is 16.8 Å². The van der Waals surface area contributed by atoms with Crippen molar-refractivity contribution in [2.45, 2.75) is 26.9 Å². The Morgan fingerprint density at radius 2 is 1.89 bits per heavy atom. The summed E-state index contributed by atoms with van der Waals surface area (Å²) in [6.45, 7) is 5.90. The first-order valence-electron chi connectivity index (χ1n) is 8.74. The van der Waals surface area contributed by atoms with E-state index >= 15 is 0 Å². The molecule has 0 unspecified atom stereocenters. The van der Waals surface area contributed by atoms with E-state index in [0.717, 1.165) is 22.4 Å². The lowest BCUT2D eigenvalue weighted by Crippen LogP contribution is -2.06. The van der Waals surface area contributed by atoms with Crippen molar-refractivity contribution in [2.24, 2.45) is 0 Å². The van der Waals surface area contributed by atoms with Gasteiger partial charge in [-0.2, -0.15) is 4.98 Å². The molecule has 4 aromatic rings. The van der Waals surface area contributed by atoms with Crippen LogP contribution in [0.25, 0.3) is 33.7 Å². The lowest BCUT2D eigenvalue weighted by molar-refractivity contribution is 0.242. The molecule has 0 aliphatic heterocycles. The van der Waals surface area contributed by atoms with E-state index in [4.69, 9.17) is 9.26 Å². The van der Waals surface area contributed by atoms with Gasteiger partial charge in [-0.15, -0.1) is 0 Å². The smallest absolute Gasteiger partial charge is 0.263 e. The van der Waals surface area contributed by atoms with Gasteiger partial charge in [0.1, 0.15) is 11.3 Å². The summed E-state index contributed by atoms with van der Waals surface area (Å²) in [4.78, 5) is 20.3. The molecule has 0 fully saturated rings. The standard InChI is InChI=1S/C21H19N3O3/c1-12(2)26-15-7-5-14(6-8-15)20-23-21(27-24-20)17-11-22-18-9-4-13(3)10-16(18)19(17)25/h4-12H,1-3H3,(H,22,25). The SMILES string of the molecule is Cc1ccc2[nH]cc(-c3nc(-c4ccc(OC(C)C)cc4)no3)c(=O)c2c1. The molecule has 0 saturated carbocycles. The molecule has 0 aliphatic carbocycles. The average molecular weight is 361 g/mol. The van der Waals surface area contributed by atoms with Gasteiger partial charge in [0.05, 0.1) is 6.10 Å². The summed E-state index contributed by atoms with van der Waals surface area (Å²) in [6, 6.07) is 13.1. The Balaban J connectivity index is 1.69. The predicted octanol–water partition coefficient (Wildman–Crippen LogP) is 4.34. The third kappa shape index (κ3) is 3.33. The first-order valence-corrected chi connectivity index (χ1v) is 8.74. The minimum absolute atomic E-state index is 0.107. The number of nitrogens with one attached hydrogen (secondary N) is 1. The van der Waals surface area contributed by atoms with Crippen LogP contribution in [-0.4, -0.2) is 21.2 Å². The van der Waals surface area contributed by atoms with Crippen LogP contribution in [0.4, 0.5) is 0 Å².